The monoisotopic (exact) mass is 328 g/mol. The Morgan fingerprint density at radius 1 is 1.15 bits per heavy atom. The largest absolute Gasteiger partial charge is 0.361 e. The summed E-state index contributed by atoms with van der Waals surface area (Å²) < 4.78 is 0.912. The van der Waals surface area contributed by atoms with E-state index in [4.69, 9.17) is 0 Å². The molecule has 0 saturated carbocycles. The molecule has 3 nitrogen and oxygen atoms in total. The van der Waals surface area contributed by atoms with Crippen molar-refractivity contribution >= 4 is 38.4 Å². The summed E-state index contributed by atoms with van der Waals surface area (Å²) in [5.41, 5.74) is 3.49. The van der Waals surface area contributed by atoms with Crippen molar-refractivity contribution in [1.82, 2.24) is 4.98 Å². The molecule has 2 N–H and O–H groups in total. The number of rotatable bonds is 2. The Kier molecular flexibility index (Phi) is 3.32. The number of halogens is 1. The quantitative estimate of drug-likeness (QED) is 0.715. The zero-order valence-corrected chi connectivity index (χ0v) is 12.5. The minimum absolute atomic E-state index is 0.110. The Morgan fingerprint density at radius 3 is 2.80 bits per heavy atom. The number of fused-ring (bicyclic) bond motifs is 1. The predicted molar refractivity (Wildman–Crippen MR) is 85.1 cm³/mol. The van der Waals surface area contributed by atoms with Crippen LogP contribution in [0.15, 0.2) is 53.1 Å². The van der Waals surface area contributed by atoms with Crippen LogP contribution >= 0.6 is 15.9 Å². The molecule has 0 bridgehead atoms. The summed E-state index contributed by atoms with van der Waals surface area (Å²) in [4.78, 5) is 15.6. The van der Waals surface area contributed by atoms with Crippen molar-refractivity contribution in [1.29, 1.82) is 0 Å². The summed E-state index contributed by atoms with van der Waals surface area (Å²) >= 11 is 3.50. The van der Waals surface area contributed by atoms with Gasteiger partial charge in [-0.05, 0) is 52.7 Å². The molecule has 100 valence electrons. The Morgan fingerprint density at radius 2 is 1.95 bits per heavy atom. The number of hydrogen-bond donors (Lipinski definition) is 2. The molecule has 4 heteroatoms. The number of benzene rings is 2. The van der Waals surface area contributed by atoms with Gasteiger partial charge in [-0.3, -0.25) is 4.79 Å². The zero-order chi connectivity index (χ0) is 14.1. The Bertz CT molecular complexity index is 792. The minimum atomic E-state index is -0.110. The van der Waals surface area contributed by atoms with Gasteiger partial charge >= 0.3 is 0 Å². The molecule has 1 heterocycles. The lowest BCUT2D eigenvalue weighted by Crippen LogP contribution is -2.12. The average molecular weight is 329 g/mol. The first-order valence-electron chi connectivity index (χ1n) is 6.29. The SMILES string of the molecule is Cc1cccc(NC(=O)c2cccc3[nH]ccc23)c1Br. The molecule has 0 saturated heterocycles. The van der Waals surface area contributed by atoms with E-state index in [2.05, 4.69) is 26.2 Å². The molecule has 1 amide bonds. The van der Waals surface area contributed by atoms with Crippen LogP contribution in [0.25, 0.3) is 10.9 Å². The van der Waals surface area contributed by atoms with Crippen LogP contribution < -0.4 is 5.32 Å². The van der Waals surface area contributed by atoms with Crippen LogP contribution in [0.1, 0.15) is 15.9 Å². The predicted octanol–water partition coefficient (Wildman–Crippen LogP) is 4.49. The van der Waals surface area contributed by atoms with Gasteiger partial charge in [-0.2, -0.15) is 0 Å². The van der Waals surface area contributed by atoms with E-state index in [0.29, 0.717) is 5.56 Å². The molecule has 2 aromatic carbocycles. The molecule has 0 radical (unpaired) electrons. The maximum absolute atomic E-state index is 12.4. The summed E-state index contributed by atoms with van der Waals surface area (Å²) in [6.45, 7) is 1.99. The number of aromatic nitrogens is 1. The van der Waals surface area contributed by atoms with E-state index >= 15 is 0 Å². The molecule has 3 aromatic rings. The lowest BCUT2D eigenvalue weighted by Gasteiger charge is -2.09. The van der Waals surface area contributed by atoms with E-state index in [-0.39, 0.29) is 5.91 Å². The Hall–Kier alpha value is -2.07. The maximum atomic E-state index is 12.4. The first-order chi connectivity index (χ1) is 9.66. The van der Waals surface area contributed by atoms with E-state index in [9.17, 15) is 4.79 Å². The van der Waals surface area contributed by atoms with Crippen molar-refractivity contribution in [2.75, 3.05) is 5.32 Å². The minimum Gasteiger partial charge on any atom is -0.361 e. The van der Waals surface area contributed by atoms with E-state index < -0.39 is 0 Å². The van der Waals surface area contributed by atoms with E-state index in [0.717, 1.165) is 26.6 Å². The highest BCUT2D eigenvalue weighted by atomic mass is 79.9. The van der Waals surface area contributed by atoms with Gasteiger partial charge in [0, 0.05) is 27.1 Å². The fourth-order valence-electron chi connectivity index (χ4n) is 2.22. The molecule has 3 rings (SSSR count). The molecule has 0 unspecified atom stereocenters. The molecule has 0 aliphatic rings. The smallest absolute Gasteiger partial charge is 0.256 e. The van der Waals surface area contributed by atoms with Crippen LogP contribution in [0, 0.1) is 6.92 Å². The van der Waals surface area contributed by atoms with Gasteiger partial charge in [0.25, 0.3) is 5.91 Å². The van der Waals surface area contributed by atoms with Gasteiger partial charge in [0.15, 0.2) is 0 Å². The number of nitrogens with one attached hydrogen (secondary N) is 2. The van der Waals surface area contributed by atoms with Crippen molar-refractivity contribution in [3.05, 3.63) is 64.3 Å². The zero-order valence-electron chi connectivity index (χ0n) is 10.9. The van der Waals surface area contributed by atoms with Crippen LogP contribution in [-0.2, 0) is 0 Å². The van der Waals surface area contributed by atoms with Crippen LogP contribution in [0.3, 0.4) is 0 Å². The molecule has 0 aliphatic carbocycles. The van der Waals surface area contributed by atoms with Crippen LogP contribution in [0.2, 0.25) is 0 Å². The van der Waals surface area contributed by atoms with Crippen molar-refractivity contribution in [2.45, 2.75) is 6.92 Å². The molecular formula is C16H13BrN2O. The Balaban J connectivity index is 1.97. The number of aromatic amines is 1. The highest BCUT2D eigenvalue weighted by Gasteiger charge is 2.12. The van der Waals surface area contributed by atoms with E-state index in [1.165, 1.54) is 0 Å². The normalized spacial score (nSPS) is 10.7. The van der Waals surface area contributed by atoms with Gasteiger partial charge in [0.2, 0.25) is 0 Å². The van der Waals surface area contributed by atoms with Gasteiger partial charge in [-0.15, -0.1) is 0 Å². The summed E-state index contributed by atoms with van der Waals surface area (Å²) in [6.07, 6.45) is 1.84. The second-order valence-electron chi connectivity index (χ2n) is 4.64. The molecule has 0 atom stereocenters. The van der Waals surface area contributed by atoms with Gasteiger partial charge in [-0.25, -0.2) is 0 Å². The fraction of sp³-hybridized carbons (Fsp3) is 0.0625. The number of hydrogen-bond acceptors (Lipinski definition) is 1. The number of carbonyl (C=O) groups is 1. The van der Waals surface area contributed by atoms with Gasteiger partial charge < -0.3 is 10.3 Å². The molecule has 0 spiro atoms. The van der Waals surface area contributed by atoms with E-state index in [1.54, 1.807) is 0 Å². The molecule has 0 fully saturated rings. The first-order valence-corrected chi connectivity index (χ1v) is 7.08. The molecule has 20 heavy (non-hydrogen) atoms. The number of aryl methyl sites for hydroxylation is 1. The second-order valence-corrected chi connectivity index (χ2v) is 5.43. The first kappa shape index (κ1) is 12.9. The van der Waals surface area contributed by atoms with Crippen molar-refractivity contribution < 1.29 is 4.79 Å². The molecular weight excluding hydrogens is 316 g/mol. The number of amides is 1. The highest BCUT2D eigenvalue weighted by molar-refractivity contribution is 9.10. The van der Waals surface area contributed by atoms with Crippen molar-refractivity contribution in [3.63, 3.8) is 0 Å². The third-order valence-corrected chi connectivity index (χ3v) is 4.33. The number of anilines is 1. The van der Waals surface area contributed by atoms with Crippen LogP contribution in [0.4, 0.5) is 5.69 Å². The second kappa shape index (κ2) is 5.13. The summed E-state index contributed by atoms with van der Waals surface area (Å²) in [5.74, 6) is -0.110. The topological polar surface area (TPSA) is 44.9 Å². The van der Waals surface area contributed by atoms with E-state index in [1.807, 2.05) is 55.6 Å². The lowest BCUT2D eigenvalue weighted by molar-refractivity contribution is 0.102. The maximum Gasteiger partial charge on any atom is 0.256 e. The molecule has 0 aliphatic heterocycles. The summed E-state index contributed by atoms with van der Waals surface area (Å²) in [7, 11) is 0. The van der Waals surface area contributed by atoms with Gasteiger partial charge in [0.1, 0.15) is 0 Å². The average Bonchev–Trinajstić information content (AvgIpc) is 2.92. The lowest BCUT2D eigenvalue weighted by atomic mass is 10.1. The third kappa shape index (κ3) is 2.23. The molecule has 1 aromatic heterocycles. The number of H-pyrrole nitrogens is 1. The van der Waals surface area contributed by atoms with Crippen LogP contribution in [0.5, 0.6) is 0 Å². The summed E-state index contributed by atoms with van der Waals surface area (Å²) in [5, 5.41) is 3.87. The standard InChI is InChI=1S/C16H13BrN2O/c1-10-4-2-7-14(15(10)17)19-16(20)12-5-3-6-13-11(12)8-9-18-13/h2-9,18H,1H3,(H,19,20). The number of carbonyl (C=O) groups excluding carboxylic acids is 1. The highest BCUT2D eigenvalue weighted by Crippen LogP contribution is 2.27. The van der Waals surface area contributed by atoms with Crippen molar-refractivity contribution in [2.24, 2.45) is 0 Å². The van der Waals surface area contributed by atoms with Crippen LogP contribution in [-0.4, -0.2) is 10.9 Å². The third-order valence-electron chi connectivity index (χ3n) is 3.28. The van der Waals surface area contributed by atoms with Crippen molar-refractivity contribution in [3.8, 4) is 0 Å². The van der Waals surface area contributed by atoms with Gasteiger partial charge in [-0.1, -0.05) is 18.2 Å². The Labute approximate surface area is 125 Å². The fourth-order valence-corrected chi connectivity index (χ4v) is 2.58. The summed E-state index contributed by atoms with van der Waals surface area (Å²) in [6, 6.07) is 13.4. The van der Waals surface area contributed by atoms with Gasteiger partial charge in [0.05, 0.1) is 5.69 Å².